The van der Waals surface area contributed by atoms with Crippen molar-refractivity contribution >= 4 is 23.4 Å². The summed E-state index contributed by atoms with van der Waals surface area (Å²) < 4.78 is 0. The Morgan fingerprint density at radius 2 is 1.84 bits per heavy atom. The normalized spacial score (nSPS) is 10.5. The molecule has 3 nitrogen and oxygen atoms in total. The Morgan fingerprint density at radius 3 is 2.52 bits per heavy atom. The van der Waals surface area contributed by atoms with E-state index in [1.807, 2.05) is 14.1 Å². The highest BCUT2D eigenvalue weighted by Crippen LogP contribution is 2.14. The molecule has 0 aliphatic heterocycles. The summed E-state index contributed by atoms with van der Waals surface area (Å²) in [5.74, 6) is 1.53. The molecule has 0 fully saturated rings. The minimum Gasteiger partial charge on any atom is -0.378 e. The number of hydrogen-bond donors (Lipinski definition) is 1. The topological polar surface area (TPSA) is 32.3 Å². The van der Waals surface area contributed by atoms with Gasteiger partial charge in [0.15, 0.2) is 0 Å². The average molecular weight is 357 g/mol. The first kappa shape index (κ1) is 19.4. The summed E-state index contributed by atoms with van der Waals surface area (Å²) in [6, 6.07) is 17.0. The molecular weight excluding hydrogens is 328 g/mol. The summed E-state index contributed by atoms with van der Waals surface area (Å²) >= 11 is 1.67. The SMILES string of the molecule is Cc1cccc(CSCC(=O)NCCCc2ccc(N(C)C)cc2)c1. The van der Waals surface area contributed by atoms with Crippen molar-refractivity contribution in [3.63, 3.8) is 0 Å². The van der Waals surface area contributed by atoms with E-state index < -0.39 is 0 Å². The molecule has 0 aromatic heterocycles. The zero-order valence-electron chi connectivity index (χ0n) is 15.4. The number of carbonyl (C=O) groups is 1. The van der Waals surface area contributed by atoms with Crippen LogP contribution < -0.4 is 10.2 Å². The van der Waals surface area contributed by atoms with Gasteiger partial charge < -0.3 is 10.2 Å². The first-order chi connectivity index (χ1) is 12.0. The summed E-state index contributed by atoms with van der Waals surface area (Å²) in [6.45, 7) is 2.83. The molecule has 0 unspecified atom stereocenters. The molecule has 0 aliphatic rings. The monoisotopic (exact) mass is 356 g/mol. The molecule has 1 amide bonds. The second kappa shape index (κ2) is 10.1. The molecule has 0 atom stereocenters. The van der Waals surface area contributed by atoms with Crippen LogP contribution in [0.5, 0.6) is 0 Å². The maximum atomic E-state index is 11.9. The van der Waals surface area contributed by atoms with E-state index in [2.05, 4.69) is 65.7 Å². The molecule has 134 valence electrons. The van der Waals surface area contributed by atoms with Crippen molar-refractivity contribution in [3.05, 3.63) is 65.2 Å². The average Bonchev–Trinajstić information content (AvgIpc) is 2.59. The van der Waals surface area contributed by atoms with Crippen LogP contribution in [0.3, 0.4) is 0 Å². The van der Waals surface area contributed by atoms with Gasteiger partial charge in [-0.3, -0.25) is 4.79 Å². The van der Waals surface area contributed by atoms with Gasteiger partial charge in [0.25, 0.3) is 0 Å². The Morgan fingerprint density at radius 1 is 1.08 bits per heavy atom. The summed E-state index contributed by atoms with van der Waals surface area (Å²) in [7, 11) is 4.09. The van der Waals surface area contributed by atoms with E-state index in [1.54, 1.807) is 11.8 Å². The van der Waals surface area contributed by atoms with Gasteiger partial charge in [-0.2, -0.15) is 0 Å². The van der Waals surface area contributed by atoms with Crippen LogP contribution in [0.2, 0.25) is 0 Å². The first-order valence-electron chi connectivity index (χ1n) is 8.71. The molecule has 0 spiro atoms. The second-order valence-corrected chi connectivity index (χ2v) is 7.48. The summed E-state index contributed by atoms with van der Waals surface area (Å²) in [5.41, 5.74) is 5.07. The third-order valence-electron chi connectivity index (χ3n) is 4.00. The molecule has 0 saturated heterocycles. The lowest BCUT2D eigenvalue weighted by atomic mass is 10.1. The van der Waals surface area contributed by atoms with Crippen molar-refractivity contribution in [2.24, 2.45) is 0 Å². The zero-order chi connectivity index (χ0) is 18.1. The van der Waals surface area contributed by atoms with E-state index in [0.717, 1.165) is 25.1 Å². The number of nitrogens with one attached hydrogen (secondary N) is 1. The van der Waals surface area contributed by atoms with Gasteiger partial charge in [0.05, 0.1) is 5.75 Å². The fraction of sp³-hybridized carbons (Fsp3) is 0.381. The maximum Gasteiger partial charge on any atom is 0.230 e. The quantitative estimate of drug-likeness (QED) is 0.688. The van der Waals surface area contributed by atoms with Crippen molar-refractivity contribution in [3.8, 4) is 0 Å². The molecule has 0 radical (unpaired) electrons. The summed E-state index contributed by atoms with van der Waals surface area (Å²) in [6.07, 6.45) is 1.96. The van der Waals surface area contributed by atoms with Crippen molar-refractivity contribution in [2.45, 2.75) is 25.5 Å². The Balaban J connectivity index is 1.59. The van der Waals surface area contributed by atoms with Crippen LogP contribution in [0.15, 0.2) is 48.5 Å². The van der Waals surface area contributed by atoms with Crippen LogP contribution in [0, 0.1) is 6.92 Å². The molecule has 2 aromatic carbocycles. The summed E-state index contributed by atoms with van der Waals surface area (Å²) in [5, 5.41) is 3.01. The van der Waals surface area contributed by atoms with Crippen LogP contribution in [0.1, 0.15) is 23.1 Å². The highest BCUT2D eigenvalue weighted by atomic mass is 32.2. The van der Waals surface area contributed by atoms with Gasteiger partial charge in [-0.1, -0.05) is 42.0 Å². The van der Waals surface area contributed by atoms with Gasteiger partial charge in [-0.25, -0.2) is 0 Å². The van der Waals surface area contributed by atoms with Crippen molar-refractivity contribution < 1.29 is 4.79 Å². The molecule has 2 rings (SSSR count). The molecule has 0 aliphatic carbocycles. The Hall–Kier alpha value is -1.94. The highest BCUT2D eigenvalue weighted by Gasteiger charge is 2.02. The number of carbonyl (C=O) groups excluding carboxylic acids is 1. The van der Waals surface area contributed by atoms with Crippen LogP contribution in [0.25, 0.3) is 0 Å². The van der Waals surface area contributed by atoms with Gasteiger partial charge in [0.2, 0.25) is 5.91 Å². The fourth-order valence-corrected chi connectivity index (χ4v) is 3.40. The lowest BCUT2D eigenvalue weighted by Crippen LogP contribution is -2.26. The molecule has 25 heavy (non-hydrogen) atoms. The van der Waals surface area contributed by atoms with Crippen LogP contribution >= 0.6 is 11.8 Å². The standard InChI is InChI=1S/C21H28N2OS/c1-17-6-4-7-19(14-17)15-25-16-21(24)22-13-5-8-18-9-11-20(12-10-18)23(2)3/h4,6-7,9-12,14H,5,8,13,15-16H2,1-3H3,(H,22,24). The molecule has 0 bridgehead atoms. The number of hydrogen-bond acceptors (Lipinski definition) is 3. The van der Waals surface area contributed by atoms with E-state index in [0.29, 0.717) is 5.75 Å². The number of anilines is 1. The van der Waals surface area contributed by atoms with Crippen molar-refractivity contribution in [1.29, 1.82) is 0 Å². The number of amides is 1. The number of rotatable bonds is 9. The smallest absolute Gasteiger partial charge is 0.230 e. The number of nitrogens with zero attached hydrogens (tertiary/aromatic N) is 1. The largest absolute Gasteiger partial charge is 0.378 e. The van der Waals surface area contributed by atoms with Gasteiger partial charge in [0.1, 0.15) is 0 Å². The minimum atomic E-state index is 0.126. The third kappa shape index (κ3) is 7.22. The third-order valence-corrected chi connectivity index (χ3v) is 5.01. The van der Waals surface area contributed by atoms with Gasteiger partial charge in [-0.05, 0) is 43.0 Å². The Labute approximate surface area is 155 Å². The zero-order valence-corrected chi connectivity index (χ0v) is 16.2. The maximum absolute atomic E-state index is 11.9. The van der Waals surface area contributed by atoms with Gasteiger partial charge in [0, 0.05) is 32.1 Å². The predicted molar refractivity (Wildman–Crippen MR) is 109 cm³/mol. The van der Waals surface area contributed by atoms with Crippen molar-refractivity contribution in [1.82, 2.24) is 5.32 Å². The first-order valence-corrected chi connectivity index (χ1v) is 9.86. The second-order valence-electron chi connectivity index (χ2n) is 6.50. The van der Waals surface area contributed by atoms with E-state index in [-0.39, 0.29) is 5.91 Å². The Bertz CT molecular complexity index is 668. The number of aryl methyl sites for hydroxylation is 2. The highest BCUT2D eigenvalue weighted by molar-refractivity contribution is 7.99. The van der Waals surface area contributed by atoms with Crippen LogP contribution in [-0.4, -0.2) is 32.3 Å². The lowest BCUT2D eigenvalue weighted by Gasteiger charge is -2.12. The predicted octanol–water partition coefficient (Wildman–Crippen LogP) is 4.04. The fourth-order valence-electron chi connectivity index (χ4n) is 2.60. The molecule has 0 saturated carbocycles. The molecular formula is C21H28N2OS. The van der Waals surface area contributed by atoms with E-state index in [4.69, 9.17) is 0 Å². The lowest BCUT2D eigenvalue weighted by molar-refractivity contribution is -0.118. The van der Waals surface area contributed by atoms with E-state index in [9.17, 15) is 4.79 Å². The van der Waals surface area contributed by atoms with Crippen LogP contribution in [0.4, 0.5) is 5.69 Å². The molecule has 2 aromatic rings. The van der Waals surface area contributed by atoms with Gasteiger partial charge in [-0.15, -0.1) is 11.8 Å². The van der Waals surface area contributed by atoms with Crippen molar-refractivity contribution in [2.75, 3.05) is 31.3 Å². The van der Waals surface area contributed by atoms with Crippen LogP contribution in [-0.2, 0) is 17.0 Å². The number of benzene rings is 2. The van der Waals surface area contributed by atoms with E-state index in [1.165, 1.54) is 22.4 Å². The molecule has 1 N–H and O–H groups in total. The molecule has 4 heteroatoms. The number of thioether (sulfide) groups is 1. The van der Waals surface area contributed by atoms with Gasteiger partial charge >= 0.3 is 0 Å². The Kier molecular flexibility index (Phi) is 7.86. The minimum absolute atomic E-state index is 0.126. The molecule has 0 heterocycles. The van der Waals surface area contributed by atoms with E-state index >= 15 is 0 Å². The summed E-state index contributed by atoms with van der Waals surface area (Å²) in [4.78, 5) is 14.0.